The Kier molecular flexibility index (Phi) is 3.91. The van der Waals surface area contributed by atoms with Crippen LogP contribution in [0.3, 0.4) is 0 Å². The van der Waals surface area contributed by atoms with Crippen molar-refractivity contribution in [2.45, 2.75) is 25.8 Å². The molecule has 3 rings (SSSR count). The average Bonchev–Trinajstić information content (AvgIpc) is 2.55. The first-order valence-electron chi connectivity index (χ1n) is 7.46. The van der Waals surface area contributed by atoms with E-state index in [1.807, 2.05) is 55.5 Å². The monoisotopic (exact) mass is 280 g/mol. The van der Waals surface area contributed by atoms with Crippen LogP contribution >= 0.6 is 0 Å². The van der Waals surface area contributed by atoms with Gasteiger partial charge in [-0.05, 0) is 49.1 Å². The number of aryl methyl sites for hydroxylation is 1. The van der Waals surface area contributed by atoms with Crippen LogP contribution < -0.4 is 10.6 Å². The summed E-state index contributed by atoms with van der Waals surface area (Å²) in [7, 11) is 0. The second kappa shape index (κ2) is 6.00. The van der Waals surface area contributed by atoms with E-state index in [0.717, 1.165) is 36.2 Å². The molecule has 21 heavy (non-hydrogen) atoms. The van der Waals surface area contributed by atoms with Crippen LogP contribution in [0, 0.1) is 0 Å². The summed E-state index contributed by atoms with van der Waals surface area (Å²) in [4.78, 5) is 12.4. The van der Waals surface area contributed by atoms with Crippen molar-refractivity contribution in [2.24, 2.45) is 0 Å². The zero-order valence-corrected chi connectivity index (χ0v) is 12.2. The highest BCUT2D eigenvalue weighted by Crippen LogP contribution is 2.23. The third-order valence-electron chi connectivity index (χ3n) is 3.95. The second-order valence-electron chi connectivity index (χ2n) is 5.51. The maximum Gasteiger partial charge on any atom is 0.251 e. The summed E-state index contributed by atoms with van der Waals surface area (Å²) in [6, 6.07) is 15.9. The summed E-state index contributed by atoms with van der Waals surface area (Å²) in [5, 5.41) is 6.42. The number of nitrogens with one attached hydrogen (secondary N) is 2. The summed E-state index contributed by atoms with van der Waals surface area (Å²) in [5.41, 5.74) is 4.25. The van der Waals surface area contributed by atoms with Gasteiger partial charge in [-0.3, -0.25) is 4.79 Å². The van der Waals surface area contributed by atoms with Gasteiger partial charge in [0.2, 0.25) is 0 Å². The molecule has 2 N–H and O–H groups in total. The Morgan fingerprint density at radius 1 is 1.19 bits per heavy atom. The van der Waals surface area contributed by atoms with E-state index < -0.39 is 0 Å². The van der Waals surface area contributed by atoms with Gasteiger partial charge in [-0.15, -0.1) is 0 Å². The van der Waals surface area contributed by atoms with Gasteiger partial charge in [0, 0.05) is 17.8 Å². The molecule has 0 saturated heterocycles. The van der Waals surface area contributed by atoms with Crippen LogP contribution in [0.15, 0.2) is 48.5 Å². The molecule has 3 nitrogen and oxygen atoms in total. The molecule has 1 heterocycles. The maximum absolute atomic E-state index is 12.4. The largest absolute Gasteiger partial charge is 0.385 e. The lowest BCUT2D eigenvalue weighted by Crippen LogP contribution is -2.27. The van der Waals surface area contributed by atoms with Gasteiger partial charge in [-0.25, -0.2) is 0 Å². The molecule has 1 atom stereocenters. The molecule has 0 bridgehead atoms. The minimum absolute atomic E-state index is 0.00728. The van der Waals surface area contributed by atoms with Crippen LogP contribution in [-0.2, 0) is 6.42 Å². The molecule has 0 fully saturated rings. The van der Waals surface area contributed by atoms with Crippen LogP contribution in [-0.4, -0.2) is 12.5 Å². The van der Waals surface area contributed by atoms with Crippen LogP contribution in [0.4, 0.5) is 5.69 Å². The predicted molar refractivity (Wildman–Crippen MR) is 85.6 cm³/mol. The quantitative estimate of drug-likeness (QED) is 0.903. The molecule has 1 amide bonds. The number of fused-ring (bicyclic) bond motifs is 1. The van der Waals surface area contributed by atoms with Crippen molar-refractivity contribution in [3.8, 4) is 0 Å². The zero-order valence-electron chi connectivity index (χ0n) is 12.2. The molecule has 3 heteroatoms. The molecule has 0 aliphatic carbocycles. The number of anilines is 1. The van der Waals surface area contributed by atoms with Crippen molar-refractivity contribution in [1.82, 2.24) is 5.32 Å². The van der Waals surface area contributed by atoms with Crippen LogP contribution in [0.1, 0.15) is 40.9 Å². The summed E-state index contributed by atoms with van der Waals surface area (Å²) in [6.07, 6.45) is 2.16. The lowest BCUT2D eigenvalue weighted by Gasteiger charge is -2.19. The van der Waals surface area contributed by atoms with Crippen molar-refractivity contribution < 1.29 is 4.79 Å². The highest BCUT2D eigenvalue weighted by Gasteiger charge is 2.14. The zero-order chi connectivity index (χ0) is 14.7. The van der Waals surface area contributed by atoms with Crippen LogP contribution in [0.2, 0.25) is 0 Å². The van der Waals surface area contributed by atoms with Gasteiger partial charge >= 0.3 is 0 Å². The molecule has 2 aromatic carbocycles. The topological polar surface area (TPSA) is 41.1 Å². The van der Waals surface area contributed by atoms with Gasteiger partial charge in [-0.1, -0.05) is 30.3 Å². The normalized spacial score (nSPS) is 14.7. The Morgan fingerprint density at radius 3 is 2.81 bits per heavy atom. The third-order valence-corrected chi connectivity index (χ3v) is 3.95. The van der Waals surface area contributed by atoms with Crippen molar-refractivity contribution in [3.05, 3.63) is 65.2 Å². The van der Waals surface area contributed by atoms with E-state index in [0.29, 0.717) is 0 Å². The number of rotatable bonds is 3. The maximum atomic E-state index is 12.4. The number of carbonyl (C=O) groups is 1. The molecule has 1 aliphatic heterocycles. The highest BCUT2D eigenvalue weighted by molar-refractivity contribution is 5.95. The van der Waals surface area contributed by atoms with Gasteiger partial charge in [0.1, 0.15) is 0 Å². The fourth-order valence-electron chi connectivity index (χ4n) is 2.72. The van der Waals surface area contributed by atoms with Gasteiger partial charge < -0.3 is 10.6 Å². The molecule has 1 unspecified atom stereocenters. The lowest BCUT2D eigenvalue weighted by atomic mass is 10.00. The molecule has 0 aromatic heterocycles. The van der Waals surface area contributed by atoms with E-state index in [1.165, 1.54) is 5.56 Å². The smallest absolute Gasteiger partial charge is 0.251 e. The van der Waals surface area contributed by atoms with Crippen molar-refractivity contribution >= 4 is 11.6 Å². The van der Waals surface area contributed by atoms with Crippen LogP contribution in [0.25, 0.3) is 0 Å². The van der Waals surface area contributed by atoms with E-state index >= 15 is 0 Å². The van der Waals surface area contributed by atoms with E-state index in [4.69, 9.17) is 0 Å². The summed E-state index contributed by atoms with van der Waals surface area (Å²) < 4.78 is 0. The van der Waals surface area contributed by atoms with Gasteiger partial charge in [0.05, 0.1) is 6.04 Å². The number of hydrogen-bond donors (Lipinski definition) is 2. The molecular weight excluding hydrogens is 260 g/mol. The van der Waals surface area contributed by atoms with Crippen LogP contribution in [0.5, 0.6) is 0 Å². The first kappa shape index (κ1) is 13.7. The van der Waals surface area contributed by atoms with E-state index in [2.05, 4.69) is 10.6 Å². The Morgan fingerprint density at radius 2 is 2.00 bits per heavy atom. The van der Waals surface area contributed by atoms with Gasteiger partial charge in [0.15, 0.2) is 0 Å². The SMILES string of the molecule is CC(NC(=O)c1ccc2c(c1)CCCN2)c1ccccc1. The molecular formula is C18H20N2O. The highest BCUT2D eigenvalue weighted by atomic mass is 16.1. The average molecular weight is 280 g/mol. The fraction of sp³-hybridized carbons (Fsp3) is 0.278. The van der Waals surface area contributed by atoms with E-state index in [1.54, 1.807) is 0 Å². The molecule has 108 valence electrons. The third kappa shape index (κ3) is 3.07. The van der Waals surface area contributed by atoms with Crippen molar-refractivity contribution in [1.29, 1.82) is 0 Å². The van der Waals surface area contributed by atoms with Crippen molar-refractivity contribution in [2.75, 3.05) is 11.9 Å². The molecule has 0 saturated carbocycles. The van der Waals surface area contributed by atoms with E-state index in [9.17, 15) is 4.79 Å². The van der Waals surface area contributed by atoms with Gasteiger partial charge in [0.25, 0.3) is 5.91 Å². The Hall–Kier alpha value is -2.29. The fourth-order valence-corrected chi connectivity index (χ4v) is 2.72. The number of carbonyl (C=O) groups excluding carboxylic acids is 1. The minimum atomic E-state index is -0.0141. The standard InChI is InChI=1S/C18H20N2O/c1-13(14-6-3-2-4-7-14)20-18(21)16-9-10-17-15(12-16)8-5-11-19-17/h2-4,6-7,9-10,12-13,19H,5,8,11H2,1H3,(H,20,21). The van der Waals surface area contributed by atoms with Crippen molar-refractivity contribution in [3.63, 3.8) is 0 Å². The molecule has 2 aromatic rings. The summed E-state index contributed by atoms with van der Waals surface area (Å²) >= 11 is 0. The Bertz CT molecular complexity index is 637. The van der Waals surface area contributed by atoms with Gasteiger partial charge in [-0.2, -0.15) is 0 Å². The first-order chi connectivity index (χ1) is 10.2. The summed E-state index contributed by atoms with van der Waals surface area (Å²) in [6.45, 7) is 3.02. The number of hydrogen-bond acceptors (Lipinski definition) is 2. The lowest BCUT2D eigenvalue weighted by molar-refractivity contribution is 0.0940. The molecule has 0 spiro atoms. The summed E-state index contributed by atoms with van der Waals surface area (Å²) in [5.74, 6) is -0.0141. The van der Waals surface area contributed by atoms with E-state index in [-0.39, 0.29) is 11.9 Å². The number of amides is 1. The minimum Gasteiger partial charge on any atom is -0.385 e. The Balaban J connectivity index is 1.73. The molecule has 1 aliphatic rings. The number of benzene rings is 2. The molecule has 0 radical (unpaired) electrons. The predicted octanol–water partition coefficient (Wildman–Crippen LogP) is 3.54. The first-order valence-corrected chi connectivity index (χ1v) is 7.46. The second-order valence-corrected chi connectivity index (χ2v) is 5.51. The Labute approximate surface area is 125 Å².